The highest BCUT2D eigenvalue weighted by Gasteiger charge is 2.19. The lowest BCUT2D eigenvalue weighted by molar-refractivity contribution is 0.0922. The first-order chi connectivity index (χ1) is 12.4. The summed E-state index contributed by atoms with van der Waals surface area (Å²) in [6.07, 6.45) is 2.71. The highest BCUT2D eigenvalue weighted by atomic mass is 32.1. The van der Waals surface area contributed by atoms with Crippen LogP contribution < -0.4 is 5.73 Å². The van der Waals surface area contributed by atoms with Gasteiger partial charge in [0.25, 0.3) is 0 Å². The smallest absolute Gasteiger partial charge is 0.172 e. The predicted molar refractivity (Wildman–Crippen MR) is 107 cm³/mol. The number of carbonyl (C=O) groups is 1. The molecule has 5 heteroatoms. The van der Waals surface area contributed by atoms with Gasteiger partial charge >= 0.3 is 0 Å². The van der Waals surface area contributed by atoms with Crippen LogP contribution >= 0.6 is 11.3 Å². The summed E-state index contributed by atoms with van der Waals surface area (Å²) in [5, 5.41) is 9.26. The summed E-state index contributed by atoms with van der Waals surface area (Å²) in [5.74, 6) is 0.172. The molecule has 0 aliphatic rings. The molecule has 1 atom stereocenters. The molecule has 0 saturated heterocycles. The Morgan fingerprint density at radius 2 is 2.04 bits per heavy atom. The van der Waals surface area contributed by atoms with Crippen molar-refractivity contribution in [3.8, 4) is 0 Å². The summed E-state index contributed by atoms with van der Waals surface area (Å²) in [6.45, 7) is 5.00. The molecule has 0 amide bonds. The summed E-state index contributed by atoms with van der Waals surface area (Å²) in [5.41, 5.74) is 7.70. The van der Waals surface area contributed by atoms with Crippen molar-refractivity contribution in [3.63, 3.8) is 0 Å². The number of ether oxygens (including phenoxy) is 1. The molecule has 0 radical (unpaired) electrons. The van der Waals surface area contributed by atoms with Gasteiger partial charge in [-0.05, 0) is 50.3 Å². The number of aliphatic hydroxyl groups is 1. The fourth-order valence-electron chi connectivity index (χ4n) is 2.61. The molecule has 2 rings (SSSR count). The van der Waals surface area contributed by atoms with Crippen LogP contribution in [0.15, 0.2) is 36.4 Å². The number of aryl methyl sites for hydroxylation is 2. The monoisotopic (exact) mass is 375 g/mol. The number of benzene rings is 1. The minimum atomic E-state index is -0.573. The molecule has 1 aromatic carbocycles. The van der Waals surface area contributed by atoms with Crippen LogP contribution in [0.5, 0.6) is 0 Å². The summed E-state index contributed by atoms with van der Waals surface area (Å²) in [4.78, 5) is 14.4. The van der Waals surface area contributed by atoms with E-state index in [4.69, 9.17) is 10.5 Å². The lowest BCUT2D eigenvalue weighted by Crippen LogP contribution is -2.40. The molecule has 0 aliphatic carbocycles. The van der Waals surface area contributed by atoms with E-state index in [0.717, 1.165) is 28.8 Å². The van der Waals surface area contributed by atoms with Crippen LogP contribution in [-0.2, 0) is 17.8 Å². The molecule has 0 aliphatic heterocycles. The van der Waals surface area contributed by atoms with Crippen LogP contribution in [0.3, 0.4) is 0 Å². The molecule has 3 N–H and O–H groups in total. The van der Waals surface area contributed by atoms with Crippen LogP contribution in [-0.4, -0.2) is 29.6 Å². The maximum atomic E-state index is 12.4. The Morgan fingerprint density at radius 3 is 2.73 bits per heavy atom. The third-order valence-corrected chi connectivity index (χ3v) is 5.72. The second-order valence-electron chi connectivity index (χ2n) is 7.09. The Balaban J connectivity index is 1.74. The third-order valence-electron chi connectivity index (χ3n) is 4.38. The van der Waals surface area contributed by atoms with Gasteiger partial charge in [-0.15, -0.1) is 11.3 Å². The highest BCUT2D eigenvalue weighted by Crippen LogP contribution is 2.26. The molecule has 4 nitrogen and oxygen atoms in total. The lowest BCUT2D eigenvalue weighted by atomic mass is 9.97. The fourth-order valence-corrected chi connectivity index (χ4v) is 3.75. The molecular weight excluding hydrogens is 346 g/mol. The van der Waals surface area contributed by atoms with Crippen molar-refractivity contribution in [2.45, 2.75) is 51.7 Å². The number of ketones is 1. The van der Waals surface area contributed by atoms with Gasteiger partial charge in [0.15, 0.2) is 5.78 Å². The van der Waals surface area contributed by atoms with E-state index < -0.39 is 5.54 Å². The second kappa shape index (κ2) is 9.97. The van der Waals surface area contributed by atoms with E-state index in [1.165, 1.54) is 4.88 Å². The zero-order chi connectivity index (χ0) is 19.0. The van der Waals surface area contributed by atoms with Crippen LogP contribution in [0.25, 0.3) is 0 Å². The average Bonchev–Trinajstić information content (AvgIpc) is 3.01. The van der Waals surface area contributed by atoms with Crippen LogP contribution in [0.2, 0.25) is 0 Å². The maximum absolute atomic E-state index is 12.4. The zero-order valence-electron chi connectivity index (χ0n) is 15.7. The average molecular weight is 376 g/mol. The van der Waals surface area contributed by atoms with E-state index in [-0.39, 0.29) is 12.4 Å². The number of aliphatic hydroxyl groups excluding tert-OH is 1. The predicted octanol–water partition coefficient (Wildman–Crippen LogP) is 3.88. The normalized spacial score (nSPS) is 13.5. The van der Waals surface area contributed by atoms with E-state index in [1.54, 1.807) is 11.3 Å². The van der Waals surface area contributed by atoms with Gasteiger partial charge in [0, 0.05) is 23.4 Å². The molecule has 0 fully saturated rings. The van der Waals surface area contributed by atoms with Gasteiger partial charge < -0.3 is 15.6 Å². The maximum Gasteiger partial charge on any atom is 0.172 e. The highest BCUT2D eigenvalue weighted by molar-refractivity contribution is 7.14. The third kappa shape index (κ3) is 6.65. The van der Waals surface area contributed by atoms with E-state index in [9.17, 15) is 9.90 Å². The van der Waals surface area contributed by atoms with Gasteiger partial charge in [0.05, 0.1) is 18.1 Å². The molecule has 0 saturated carbocycles. The number of Topliss-reactive ketones (excluding diaryl/α,β-unsaturated/α-hetero) is 1. The number of rotatable bonds is 11. The van der Waals surface area contributed by atoms with Crippen molar-refractivity contribution >= 4 is 17.1 Å². The summed E-state index contributed by atoms with van der Waals surface area (Å²) in [6, 6.07) is 12.0. The Labute approximate surface area is 160 Å². The number of nitrogens with two attached hydrogens (primary N) is 1. The van der Waals surface area contributed by atoms with Crippen molar-refractivity contribution in [3.05, 3.63) is 57.3 Å². The molecule has 26 heavy (non-hydrogen) atoms. The van der Waals surface area contributed by atoms with E-state index in [2.05, 4.69) is 0 Å². The van der Waals surface area contributed by atoms with Crippen molar-refractivity contribution in [2.24, 2.45) is 5.73 Å². The van der Waals surface area contributed by atoms with Gasteiger partial charge in [-0.1, -0.05) is 30.3 Å². The standard InChI is InChI=1S/C21H29NO3S/c1-16-13-20(26-19(16)10-11-21(2,22)15-23)18(24)9-6-12-25-14-17-7-4-3-5-8-17/h3-5,7-8,13,23H,6,9-12,14-15,22H2,1-2H3. The Bertz CT molecular complexity index is 695. The SMILES string of the molecule is Cc1cc(C(=O)CCCOCc2ccccc2)sc1CCC(C)(N)CO. The Hall–Kier alpha value is -1.53. The van der Waals surface area contributed by atoms with E-state index in [0.29, 0.717) is 26.1 Å². The van der Waals surface area contributed by atoms with Gasteiger partial charge in [0.1, 0.15) is 0 Å². The fraction of sp³-hybridized carbons (Fsp3) is 0.476. The van der Waals surface area contributed by atoms with Crippen LogP contribution in [0.4, 0.5) is 0 Å². The quantitative estimate of drug-likeness (QED) is 0.462. The topological polar surface area (TPSA) is 72.5 Å². The Morgan fingerprint density at radius 1 is 1.31 bits per heavy atom. The molecule has 2 aromatic rings. The first-order valence-corrected chi connectivity index (χ1v) is 9.87. The van der Waals surface area contributed by atoms with Gasteiger partial charge in [-0.2, -0.15) is 0 Å². The largest absolute Gasteiger partial charge is 0.394 e. The van der Waals surface area contributed by atoms with Gasteiger partial charge in [-0.25, -0.2) is 0 Å². The van der Waals surface area contributed by atoms with Crippen molar-refractivity contribution in [1.29, 1.82) is 0 Å². The minimum Gasteiger partial charge on any atom is -0.394 e. The molecule has 1 aromatic heterocycles. The molecule has 0 spiro atoms. The number of hydrogen-bond donors (Lipinski definition) is 2. The van der Waals surface area contributed by atoms with Crippen LogP contribution in [0.1, 0.15) is 51.9 Å². The first-order valence-electron chi connectivity index (χ1n) is 9.05. The minimum absolute atomic E-state index is 0.0355. The lowest BCUT2D eigenvalue weighted by Gasteiger charge is -2.21. The molecular formula is C21H29NO3S. The Kier molecular flexibility index (Phi) is 7.97. The van der Waals surface area contributed by atoms with E-state index in [1.807, 2.05) is 50.2 Å². The van der Waals surface area contributed by atoms with Crippen LogP contribution in [0, 0.1) is 6.92 Å². The summed E-state index contributed by atoms with van der Waals surface area (Å²) in [7, 11) is 0. The molecule has 1 unspecified atom stereocenters. The van der Waals surface area contributed by atoms with E-state index >= 15 is 0 Å². The van der Waals surface area contributed by atoms with Crippen molar-refractivity contribution in [2.75, 3.05) is 13.2 Å². The molecule has 1 heterocycles. The summed E-state index contributed by atoms with van der Waals surface area (Å²) >= 11 is 1.55. The number of carbonyl (C=O) groups excluding carboxylic acids is 1. The van der Waals surface area contributed by atoms with Gasteiger partial charge in [0.2, 0.25) is 0 Å². The number of thiophene rings is 1. The zero-order valence-corrected chi connectivity index (χ0v) is 16.5. The molecule has 142 valence electrons. The first kappa shape index (κ1) is 20.8. The number of hydrogen-bond acceptors (Lipinski definition) is 5. The van der Waals surface area contributed by atoms with Crippen molar-refractivity contribution in [1.82, 2.24) is 0 Å². The summed E-state index contributed by atoms with van der Waals surface area (Å²) < 4.78 is 5.64. The van der Waals surface area contributed by atoms with Crippen molar-refractivity contribution < 1.29 is 14.6 Å². The second-order valence-corrected chi connectivity index (χ2v) is 8.23. The molecule has 0 bridgehead atoms. The van der Waals surface area contributed by atoms with Gasteiger partial charge in [-0.3, -0.25) is 4.79 Å².